The third-order valence-corrected chi connectivity index (χ3v) is 12.8. The van der Waals surface area contributed by atoms with Crippen LogP contribution in [0.4, 0.5) is 0 Å². The van der Waals surface area contributed by atoms with Gasteiger partial charge in [0.1, 0.15) is 0 Å². The smallest absolute Gasteiger partial charge is 0.0243 e. The van der Waals surface area contributed by atoms with Crippen molar-refractivity contribution < 1.29 is 0 Å². The van der Waals surface area contributed by atoms with E-state index in [-0.39, 0.29) is 0 Å². The molecule has 226 valence electrons. The normalized spacial score (nSPS) is 10.5. The van der Waals surface area contributed by atoms with Gasteiger partial charge in [0.2, 0.25) is 0 Å². The van der Waals surface area contributed by atoms with Crippen LogP contribution >= 0.6 is 15.8 Å². The average molecular weight is 583 g/mol. The molecule has 0 nitrogen and oxygen atoms in total. The minimum absolute atomic E-state index is 0.422. The van der Waals surface area contributed by atoms with E-state index < -0.39 is 0 Å². The number of rotatable bonds is 19. The van der Waals surface area contributed by atoms with E-state index in [1.807, 2.05) is 42.5 Å². The summed E-state index contributed by atoms with van der Waals surface area (Å²) in [5, 5.41) is 0. The van der Waals surface area contributed by atoms with Crippen molar-refractivity contribution in [1.82, 2.24) is 0 Å². The molecule has 0 N–H and O–H groups in total. The van der Waals surface area contributed by atoms with E-state index >= 15 is 0 Å². The van der Waals surface area contributed by atoms with Crippen LogP contribution in [0.5, 0.6) is 0 Å². The van der Waals surface area contributed by atoms with E-state index in [1.165, 1.54) is 88.2 Å². The minimum Gasteiger partial charge on any atom is -0.115 e. The second-order valence-electron chi connectivity index (χ2n) is 10.9. The van der Waals surface area contributed by atoms with Gasteiger partial charge in [-0.1, -0.05) is 128 Å². The van der Waals surface area contributed by atoms with Gasteiger partial charge in [-0.05, 0) is 98.8 Å². The lowest BCUT2D eigenvalue weighted by atomic mass is 10.0. The van der Waals surface area contributed by atoms with E-state index in [1.54, 1.807) is 37.0 Å². The van der Waals surface area contributed by atoms with Crippen LogP contribution in [0.25, 0.3) is 11.1 Å². The van der Waals surface area contributed by atoms with Gasteiger partial charge in [-0.2, -0.15) is 0 Å². The first-order chi connectivity index (χ1) is 19.6. The Labute approximate surface area is 254 Å². The highest BCUT2D eigenvalue weighted by atomic mass is 31.1. The molecule has 0 aliphatic heterocycles. The molecular weight excluding hydrogens is 518 g/mol. The fraction of sp³-hybridized carbons (Fsp3) is 0.632. The number of unbranched alkanes of at least 4 members (excludes halogenated alkanes) is 6. The van der Waals surface area contributed by atoms with Gasteiger partial charge in [0.05, 0.1) is 0 Å². The molecule has 0 aromatic heterocycles. The van der Waals surface area contributed by atoms with Crippen LogP contribution < -0.4 is 0 Å². The summed E-state index contributed by atoms with van der Waals surface area (Å²) in [6, 6.07) is 18.3. The lowest BCUT2D eigenvalue weighted by molar-refractivity contribution is 0.847. The molecule has 0 bridgehead atoms. The maximum absolute atomic E-state index is 5.29. The molecule has 0 fully saturated rings. The molecule has 0 atom stereocenters. The van der Waals surface area contributed by atoms with Crippen molar-refractivity contribution in [2.24, 2.45) is 0 Å². The summed E-state index contributed by atoms with van der Waals surface area (Å²) in [6.45, 7) is 13.9. The highest BCUT2D eigenvalue weighted by Crippen LogP contribution is 2.39. The molecule has 0 spiro atoms. The molecule has 0 saturated heterocycles. The fourth-order valence-corrected chi connectivity index (χ4v) is 10.3. The number of hydrogen-bond donors (Lipinski definition) is 0. The molecule has 40 heavy (non-hydrogen) atoms. The molecule has 0 saturated carbocycles. The van der Waals surface area contributed by atoms with Crippen LogP contribution in [0.3, 0.4) is 0 Å². The van der Waals surface area contributed by atoms with Crippen LogP contribution in [0, 0.1) is 12.3 Å². The maximum Gasteiger partial charge on any atom is 0.0243 e. The molecule has 2 heteroatoms. The van der Waals surface area contributed by atoms with Crippen molar-refractivity contribution in [2.45, 2.75) is 119 Å². The van der Waals surface area contributed by atoms with Crippen molar-refractivity contribution in [3.63, 3.8) is 0 Å². The van der Waals surface area contributed by atoms with Crippen molar-refractivity contribution in [1.29, 1.82) is 0 Å². The molecule has 2 rings (SSSR count). The Bertz CT molecular complexity index is 744. The highest BCUT2D eigenvalue weighted by molar-refractivity contribution is 7.57. The van der Waals surface area contributed by atoms with Crippen molar-refractivity contribution in [3.05, 3.63) is 60.2 Å². The van der Waals surface area contributed by atoms with Gasteiger partial charge in [-0.15, -0.1) is 22.3 Å². The minimum atomic E-state index is 0.422. The number of hydrogen-bond acceptors (Lipinski definition) is 0. The van der Waals surface area contributed by atoms with E-state index in [9.17, 15) is 0 Å². The molecule has 0 unspecified atom stereocenters. The predicted molar refractivity (Wildman–Crippen MR) is 192 cm³/mol. The Morgan fingerprint density at radius 3 is 1.02 bits per heavy atom. The second-order valence-corrected chi connectivity index (χ2v) is 16.3. The Morgan fingerprint density at radius 1 is 0.450 bits per heavy atom. The van der Waals surface area contributed by atoms with Crippen LogP contribution in [-0.2, 0) is 0 Å². The van der Waals surface area contributed by atoms with E-state index in [0.29, 0.717) is 15.8 Å². The summed E-state index contributed by atoms with van der Waals surface area (Å²) in [7, 11) is 0.843. The van der Waals surface area contributed by atoms with Crippen molar-refractivity contribution in [3.8, 4) is 23.5 Å². The van der Waals surface area contributed by atoms with E-state index in [0.717, 1.165) is 5.56 Å². The first kappa shape index (κ1) is 38.9. The SMILES string of the molecule is C#Cc1ccc(-c2ccccc2)cc1.CCCCP(CCCC)CCCC.CCCCP(CCCC)CCCC. The van der Waals surface area contributed by atoms with Gasteiger partial charge < -0.3 is 0 Å². The van der Waals surface area contributed by atoms with Gasteiger partial charge in [-0.3, -0.25) is 0 Å². The van der Waals surface area contributed by atoms with Crippen LogP contribution in [0.15, 0.2) is 54.6 Å². The first-order valence-electron chi connectivity index (χ1n) is 16.7. The zero-order valence-electron chi connectivity index (χ0n) is 27.4. The topological polar surface area (TPSA) is 0 Å². The lowest BCUT2D eigenvalue weighted by Crippen LogP contribution is -1.95. The summed E-state index contributed by atoms with van der Waals surface area (Å²) in [5.41, 5.74) is 3.34. The molecule has 0 aliphatic carbocycles. The summed E-state index contributed by atoms with van der Waals surface area (Å²) >= 11 is 0. The van der Waals surface area contributed by atoms with E-state index in [2.05, 4.69) is 59.6 Å². The zero-order valence-corrected chi connectivity index (χ0v) is 29.2. The van der Waals surface area contributed by atoms with Gasteiger partial charge in [0.25, 0.3) is 0 Å². The molecule has 0 radical (unpaired) electrons. The summed E-state index contributed by atoms with van der Waals surface area (Å²) < 4.78 is 0. The quantitative estimate of drug-likeness (QED) is 0.114. The predicted octanol–water partition coefficient (Wildman–Crippen LogP) is 13.1. The highest BCUT2D eigenvalue weighted by Gasteiger charge is 2.06. The second kappa shape index (κ2) is 29.4. The third kappa shape index (κ3) is 21.6. The zero-order chi connectivity index (χ0) is 29.7. The number of terminal acetylenes is 1. The summed E-state index contributed by atoms with van der Waals surface area (Å²) in [4.78, 5) is 0. The number of benzene rings is 2. The summed E-state index contributed by atoms with van der Waals surface area (Å²) in [6.07, 6.45) is 31.7. The van der Waals surface area contributed by atoms with Gasteiger partial charge >= 0.3 is 0 Å². The fourth-order valence-electron chi connectivity index (χ4n) is 4.35. The Morgan fingerprint density at radius 2 is 0.750 bits per heavy atom. The molecule has 2 aromatic rings. The molecule has 0 amide bonds. The van der Waals surface area contributed by atoms with Crippen molar-refractivity contribution in [2.75, 3.05) is 37.0 Å². The Kier molecular flexibility index (Phi) is 28.5. The Balaban J connectivity index is 0.000000572. The Hall–Kier alpha value is -1.14. The molecular formula is C38H64P2. The van der Waals surface area contributed by atoms with E-state index in [4.69, 9.17) is 6.42 Å². The van der Waals surface area contributed by atoms with Crippen molar-refractivity contribution >= 4 is 15.8 Å². The summed E-state index contributed by atoms with van der Waals surface area (Å²) in [5.74, 6) is 2.61. The molecule has 2 aromatic carbocycles. The van der Waals surface area contributed by atoms with Gasteiger partial charge in [0.15, 0.2) is 0 Å². The monoisotopic (exact) mass is 582 g/mol. The van der Waals surface area contributed by atoms with Gasteiger partial charge in [0, 0.05) is 5.56 Å². The third-order valence-electron chi connectivity index (χ3n) is 7.13. The standard InChI is InChI=1S/C14H10.2C12H27P/c1-2-12-8-10-14(11-9-12)13-6-4-3-5-7-13;2*1-4-7-10-13(11-8-5-2)12-9-6-3/h1,3-11H;2*4-12H2,1-3H3. The first-order valence-corrected chi connectivity index (χ1v) is 20.5. The van der Waals surface area contributed by atoms with Crippen LogP contribution in [0.2, 0.25) is 0 Å². The molecule has 0 heterocycles. The average Bonchev–Trinajstić information content (AvgIpc) is 3.01. The van der Waals surface area contributed by atoms with Crippen LogP contribution in [0.1, 0.15) is 124 Å². The molecule has 0 aliphatic rings. The van der Waals surface area contributed by atoms with Gasteiger partial charge in [-0.25, -0.2) is 0 Å². The maximum atomic E-state index is 5.29. The van der Waals surface area contributed by atoms with Crippen LogP contribution in [-0.4, -0.2) is 37.0 Å². The lowest BCUT2D eigenvalue weighted by Gasteiger charge is -2.16. The largest absolute Gasteiger partial charge is 0.115 e.